The van der Waals surface area contributed by atoms with Crippen molar-refractivity contribution in [3.8, 4) is 0 Å². The molecule has 1 amide bonds. The van der Waals surface area contributed by atoms with Gasteiger partial charge in [0.1, 0.15) is 5.69 Å². The van der Waals surface area contributed by atoms with Crippen LogP contribution in [0.4, 0.5) is 5.69 Å². The molecule has 0 saturated carbocycles. The third-order valence-electron chi connectivity index (χ3n) is 4.23. The van der Waals surface area contributed by atoms with E-state index >= 15 is 0 Å². The van der Waals surface area contributed by atoms with Crippen molar-refractivity contribution in [2.75, 3.05) is 24.5 Å². The summed E-state index contributed by atoms with van der Waals surface area (Å²) in [6, 6.07) is 13.2. The van der Waals surface area contributed by atoms with Crippen LogP contribution in [0.3, 0.4) is 0 Å². The highest BCUT2D eigenvalue weighted by molar-refractivity contribution is 5.92. The Labute approximate surface area is 134 Å². The van der Waals surface area contributed by atoms with Gasteiger partial charge in [-0.3, -0.25) is 9.59 Å². The van der Waals surface area contributed by atoms with Gasteiger partial charge in [-0.1, -0.05) is 25.1 Å². The number of aromatic nitrogens is 2. The van der Waals surface area contributed by atoms with Gasteiger partial charge in [0, 0.05) is 37.4 Å². The van der Waals surface area contributed by atoms with Crippen molar-refractivity contribution < 1.29 is 4.79 Å². The number of anilines is 1. The molecular weight excluding hydrogens is 292 g/mol. The zero-order valence-electron chi connectivity index (χ0n) is 13.1. The van der Waals surface area contributed by atoms with E-state index in [0.717, 1.165) is 19.5 Å². The standard InChI is InChI=1S/C17H20N4O2/c1-2-13-12-20(14-6-4-3-5-7-14)10-11-21(13)17(23)15-8-9-16(22)19-18-15/h3-9,13H,2,10-12H2,1H3,(H,19,22). The number of carbonyl (C=O) groups excluding carboxylic acids is 1. The van der Waals surface area contributed by atoms with E-state index in [9.17, 15) is 9.59 Å². The Hall–Kier alpha value is -2.63. The lowest BCUT2D eigenvalue weighted by Gasteiger charge is -2.42. The van der Waals surface area contributed by atoms with Crippen molar-refractivity contribution >= 4 is 11.6 Å². The van der Waals surface area contributed by atoms with Crippen LogP contribution in [0, 0.1) is 0 Å². The third kappa shape index (κ3) is 3.26. The molecule has 1 N–H and O–H groups in total. The van der Waals surface area contributed by atoms with Crippen LogP contribution >= 0.6 is 0 Å². The van der Waals surface area contributed by atoms with Gasteiger partial charge < -0.3 is 9.80 Å². The smallest absolute Gasteiger partial charge is 0.274 e. The maximum Gasteiger partial charge on any atom is 0.274 e. The Balaban J connectivity index is 1.76. The highest BCUT2D eigenvalue weighted by atomic mass is 16.2. The maximum atomic E-state index is 12.6. The molecule has 1 aromatic carbocycles. The van der Waals surface area contributed by atoms with E-state index in [2.05, 4.69) is 34.2 Å². The molecule has 0 spiro atoms. The number of hydrogen-bond donors (Lipinski definition) is 1. The summed E-state index contributed by atoms with van der Waals surface area (Å²) in [6.07, 6.45) is 0.873. The number of para-hydroxylation sites is 1. The summed E-state index contributed by atoms with van der Waals surface area (Å²) >= 11 is 0. The second-order valence-corrected chi connectivity index (χ2v) is 5.65. The van der Waals surface area contributed by atoms with Gasteiger partial charge in [0.15, 0.2) is 0 Å². The summed E-state index contributed by atoms with van der Waals surface area (Å²) in [6.45, 7) is 4.32. The lowest BCUT2D eigenvalue weighted by atomic mass is 10.1. The fourth-order valence-corrected chi connectivity index (χ4v) is 2.96. The van der Waals surface area contributed by atoms with Crippen LogP contribution < -0.4 is 10.5 Å². The Morgan fingerprint density at radius 1 is 1.22 bits per heavy atom. The van der Waals surface area contributed by atoms with E-state index in [1.807, 2.05) is 23.1 Å². The van der Waals surface area contributed by atoms with Gasteiger partial charge in [0.05, 0.1) is 0 Å². The second-order valence-electron chi connectivity index (χ2n) is 5.65. The van der Waals surface area contributed by atoms with E-state index in [0.29, 0.717) is 6.54 Å². The number of piperazine rings is 1. The molecule has 6 nitrogen and oxygen atoms in total. The minimum Gasteiger partial charge on any atom is -0.368 e. The minimum atomic E-state index is -0.303. The molecule has 0 aliphatic carbocycles. The van der Waals surface area contributed by atoms with Crippen LogP contribution in [-0.2, 0) is 0 Å². The zero-order chi connectivity index (χ0) is 16.2. The van der Waals surface area contributed by atoms with Crippen LogP contribution in [0.1, 0.15) is 23.8 Å². The predicted molar refractivity (Wildman–Crippen MR) is 88.6 cm³/mol. The molecular formula is C17H20N4O2. The predicted octanol–water partition coefficient (Wildman–Crippen LogP) is 1.51. The number of hydrogen-bond acceptors (Lipinski definition) is 4. The number of rotatable bonds is 3. The number of amides is 1. The van der Waals surface area contributed by atoms with Gasteiger partial charge in [-0.15, -0.1) is 0 Å². The molecule has 1 saturated heterocycles. The van der Waals surface area contributed by atoms with Crippen molar-refractivity contribution in [2.45, 2.75) is 19.4 Å². The van der Waals surface area contributed by atoms with Gasteiger partial charge >= 0.3 is 0 Å². The molecule has 1 atom stereocenters. The van der Waals surface area contributed by atoms with Crippen molar-refractivity contribution in [1.29, 1.82) is 0 Å². The topological polar surface area (TPSA) is 69.3 Å². The first-order chi connectivity index (χ1) is 11.2. The Morgan fingerprint density at radius 3 is 2.65 bits per heavy atom. The average Bonchev–Trinajstić information content (AvgIpc) is 2.62. The van der Waals surface area contributed by atoms with Gasteiger partial charge in [-0.25, -0.2) is 5.10 Å². The number of H-pyrrole nitrogens is 1. The van der Waals surface area contributed by atoms with Gasteiger partial charge in [-0.05, 0) is 24.6 Å². The van der Waals surface area contributed by atoms with Crippen molar-refractivity contribution in [2.24, 2.45) is 0 Å². The van der Waals surface area contributed by atoms with Crippen molar-refractivity contribution in [3.63, 3.8) is 0 Å². The molecule has 2 heterocycles. The third-order valence-corrected chi connectivity index (χ3v) is 4.23. The van der Waals surface area contributed by atoms with Crippen LogP contribution in [0.25, 0.3) is 0 Å². The van der Waals surface area contributed by atoms with Crippen LogP contribution in [0.2, 0.25) is 0 Å². The highest BCUT2D eigenvalue weighted by Crippen LogP contribution is 2.21. The molecule has 0 bridgehead atoms. The molecule has 1 fully saturated rings. The molecule has 3 rings (SSSR count). The molecule has 0 radical (unpaired) electrons. The monoisotopic (exact) mass is 312 g/mol. The Bertz CT molecular complexity index is 708. The quantitative estimate of drug-likeness (QED) is 0.933. The fourth-order valence-electron chi connectivity index (χ4n) is 2.96. The zero-order valence-corrected chi connectivity index (χ0v) is 13.1. The Kier molecular flexibility index (Phi) is 4.41. The normalized spacial score (nSPS) is 18.0. The molecule has 1 aliphatic rings. The number of carbonyl (C=O) groups is 1. The Morgan fingerprint density at radius 2 is 2.00 bits per heavy atom. The summed E-state index contributed by atoms with van der Waals surface area (Å²) in [5, 5.41) is 6.18. The molecule has 1 unspecified atom stereocenters. The van der Waals surface area contributed by atoms with Gasteiger partial charge in [-0.2, -0.15) is 5.10 Å². The minimum absolute atomic E-state index is 0.124. The first-order valence-corrected chi connectivity index (χ1v) is 7.85. The van der Waals surface area contributed by atoms with Crippen molar-refractivity contribution in [3.05, 3.63) is 58.5 Å². The van der Waals surface area contributed by atoms with Crippen LogP contribution in [0.15, 0.2) is 47.3 Å². The number of nitrogens with one attached hydrogen (secondary N) is 1. The molecule has 23 heavy (non-hydrogen) atoms. The first-order valence-electron chi connectivity index (χ1n) is 7.85. The van der Waals surface area contributed by atoms with Gasteiger partial charge in [0.2, 0.25) is 0 Å². The average molecular weight is 312 g/mol. The second kappa shape index (κ2) is 6.64. The molecule has 1 aromatic heterocycles. The number of benzene rings is 1. The summed E-state index contributed by atoms with van der Waals surface area (Å²) in [7, 11) is 0. The maximum absolute atomic E-state index is 12.6. The van der Waals surface area contributed by atoms with Crippen molar-refractivity contribution in [1.82, 2.24) is 15.1 Å². The lowest BCUT2D eigenvalue weighted by Crippen LogP contribution is -2.55. The largest absolute Gasteiger partial charge is 0.368 e. The summed E-state index contributed by atoms with van der Waals surface area (Å²) in [5.41, 5.74) is 1.17. The fraction of sp³-hybridized carbons (Fsp3) is 0.353. The molecule has 1 aliphatic heterocycles. The highest BCUT2D eigenvalue weighted by Gasteiger charge is 2.30. The van der Waals surface area contributed by atoms with E-state index in [4.69, 9.17) is 0 Å². The summed E-state index contributed by atoms with van der Waals surface area (Å²) in [4.78, 5) is 27.9. The van der Waals surface area contributed by atoms with Gasteiger partial charge in [0.25, 0.3) is 11.5 Å². The van der Waals surface area contributed by atoms with E-state index in [1.54, 1.807) is 0 Å². The summed E-state index contributed by atoms with van der Waals surface area (Å²) in [5.74, 6) is -0.124. The number of aromatic amines is 1. The summed E-state index contributed by atoms with van der Waals surface area (Å²) < 4.78 is 0. The molecule has 2 aromatic rings. The van der Waals surface area contributed by atoms with E-state index in [-0.39, 0.29) is 23.2 Å². The lowest BCUT2D eigenvalue weighted by molar-refractivity contribution is 0.0644. The number of nitrogens with zero attached hydrogens (tertiary/aromatic N) is 3. The first kappa shape index (κ1) is 15.3. The van der Waals surface area contributed by atoms with E-state index in [1.165, 1.54) is 17.8 Å². The van der Waals surface area contributed by atoms with E-state index < -0.39 is 0 Å². The van der Waals surface area contributed by atoms with Crippen LogP contribution in [-0.4, -0.2) is 46.7 Å². The molecule has 6 heteroatoms. The van der Waals surface area contributed by atoms with Crippen LogP contribution in [0.5, 0.6) is 0 Å². The SMILES string of the molecule is CCC1CN(c2ccccc2)CCN1C(=O)c1ccc(=O)[nH]n1. The molecule has 120 valence electrons.